The number of carbonyl (C=O) groups excluding carboxylic acids is 4. The molecule has 0 radical (unpaired) electrons. The van der Waals surface area contributed by atoms with E-state index < -0.39 is 35.7 Å². The number of rotatable bonds is 5. The number of hydrogen-bond acceptors (Lipinski definition) is 6. The van der Waals surface area contributed by atoms with Crippen LogP contribution in [0, 0.1) is 11.3 Å². The zero-order valence-electron chi connectivity index (χ0n) is 19.0. The van der Waals surface area contributed by atoms with Crippen molar-refractivity contribution in [1.29, 1.82) is 0 Å². The van der Waals surface area contributed by atoms with Crippen molar-refractivity contribution in [1.82, 2.24) is 15.5 Å². The highest BCUT2D eigenvalue weighted by Crippen LogP contribution is 2.50. The number of hydrogen-bond donors (Lipinski definition) is 2. The number of carbonyl (C=O) groups is 4. The van der Waals surface area contributed by atoms with Gasteiger partial charge in [0.2, 0.25) is 11.8 Å². The number of ether oxygens (including phenoxy) is 2. The highest BCUT2D eigenvalue weighted by molar-refractivity contribution is 5.90. The van der Waals surface area contributed by atoms with Gasteiger partial charge in [0.1, 0.15) is 17.7 Å². The van der Waals surface area contributed by atoms with Crippen molar-refractivity contribution in [3.8, 4) is 0 Å². The molecule has 31 heavy (non-hydrogen) atoms. The molecule has 3 fully saturated rings. The third-order valence-corrected chi connectivity index (χ3v) is 6.58. The Morgan fingerprint density at radius 2 is 1.97 bits per heavy atom. The minimum Gasteiger partial charge on any atom is -0.467 e. The molecule has 0 aromatic carbocycles. The van der Waals surface area contributed by atoms with Crippen molar-refractivity contribution >= 4 is 23.9 Å². The lowest BCUT2D eigenvalue weighted by Gasteiger charge is -2.37. The first-order valence-corrected chi connectivity index (χ1v) is 11.2. The topological polar surface area (TPSA) is 114 Å². The van der Waals surface area contributed by atoms with Gasteiger partial charge in [-0.2, -0.15) is 0 Å². The van der Waals surface area contributed by atoms with Gasteiger partial charge in [0.25, 0.3) is 0 Å². The average Bonchev–Trinajstić information content (AvgIpc) is 3.09. The summed E-state index contributed by atoms with van der Waals surface area (Å²) in [7, 11) is 1.26. The van der Waals surface area contributed by atoms with E-state index in [1.54, 1.807) is 20.8 Å². The maximum Gasteiger partial charge on any atom is 0.410 e. The maximum atomic E-state index is 13.2. The third-order valence-electron chi connectivity index (χ3n) is 6.58. The Morgan fingerprint density at radius 1 is 1.26 bits per heavy atom. The first-order chi connectivity index (χ1) is 14.5. The quantitative estimate of drug-likeness (QED) is 0.634. The molecular weight excluding hydrogens is 402 g/mol. The van der Waals surface area contributed by atoms with Crippen LogP contribution < -0.4 is 10.6 Å². The van der Waals surface area contributed by atoms with Gasteiger partial charge in [0.15, 0.2) is 0 Å². The van der Waals surface area contributed by atoms with E-state index in [-0.39, 0.29) is 23.7 Å². The number of nitrogens with zero attached hydrogens (tertiary/aromatic N) is 1. The summed E-state index contributed by atoms with van der Waals surface area (Å²) in [5.41, 5.74) is -0.723. The van der Waals surface area contributed by atoms with Gasteiger partial charge in [-0.3, -0.25) is 14.5 Å². The lowest BCUT2D eigenvalue weighted by atomic mass is 9.67. The van der Waals surface area contributed by atoms with Crippen LogP contribution in [0.5, 0.6) is 0 Å². The van der Waals surface area contributed by atoms with Crippen LogP contribution in [-0.2, 0) is 23.9 Å². The molecule has 1 spiro atoms. The van der Waals surface area contributed by atoms with Crippen LogP contribution in [0.25, 0.3) is 0 Å². The minimum absolute atomic E-state index is 0.0527. The summed E-state index contributed by atoms with van der Waals surface area (Å²) >= 11 is 0. The molecule has 0 bridgehead atoms. The first-order valence-electron chi connectivity index (χ1n) is 11.2. The second kappa shape index (κ2) is 9.04. The van der Waals surface area contributed by atoms with Crippen molar-refractivity contribution in [2.45, 2.75) is 83.4 Å². The van der Waals surface area contributed by atoms with Crippen LogP contribution in [0.1, 0.15) is 65.7 Å². The molecule has 1 aliphatic carbocycles. The molecule has 2 N–H and O–H groups in total. The van der Waals surface area contributed by atoms with Crippen LogP contribution in [0.4, 0.5) is 4.79 Å². The Balaban J connectivity index is 1.72. The average molecular weight is 438 g/mol. The van der Waals surface area contributed by atoms with Crippen LogP contribution >= 0.6 is 0 Å². The lowest BCUT2D eigenvalue weighted by Crippen LogP contribution is -2.53. The van der Waals surface area contributed by atoms with Gasteiger partial charge in [-0.05, 0) is 64.7 Å². The van der Waals surface area contributed by atoms with Gasteiger partial charge in [0.05, 0.1) is 7.11 Å². The van der Waals surface area contributed by atoms with Gasteiger partial charge >= 0.3 is 12.1 Å². The summed E-state index contributed by atoms with van der Waals surface area (Å²) in [5.74, 6) is -1.46. The zero-order valence-corrected chi connectivity index (χ0v) is 19.0. The Kier molecular flexibility index (Phi) is 6.81. The van der Waals surface area contributed by atoms with E-state index in [1.165, 1.54) is 12.0 Å². The molecule has 1 unspecified atom stereocenters. The van der Waals surface area contributed by atoms with Crippen LogP contribution in [-0.4, -0.2) is 66.7 Å². The summed E-state index contributed by atoms with van der Waals surface area (Å²) in [6.07, 6.45) is 4.72. The standard InChI is InChI=1S/C22H35N3O6/c1-21(2,3)31-20(29)25-13-22(8-6-9-22)12-16(25)18(27)24-15(19(28)30-4)11-14-7-5-10-23-17(14)26/h14-16H,5-13H2,1-4H3,(H,23,26)(H,24,27)/t14-,15-,16?/m0/s1. The van der Waals surface area contributed by atoms with Gasteiger partial charge in [-0.15, -0.1) is 0 Å². The second-order valence-corrected chi connectivity index (χ2v) is 10.1. The molecule has 0 aromatic rings. The summed E-state index contributed by atoms with van der Waals surface area (Å²) in [4.78, 5) is 52.1. The van der Waals surface area contributed by atoms with Gasteiger partial charge in [-0.25, -0.2) is 9.59 Å². The van der Waals surface area contributed by atoms with Crippen molar-refractivity contribution < 1.29 is 28.7 Å². The summed E-state index contributed by atoms with van der Waals surface area (Å²) in [6.45, 7) is 6.47. The Morgan fingerprint density at radius 3 is 2.52 bits per heavy atom. The third kappa shape index (κ3) is 5.49. The molecule has 2 heterocycles. The molecule has 3 amide bonds. The van der Waals surface area contributed by atoms with E-state index in [2.05, 4.69) is 10.6 Å². The van der Waals surface area contributed by atoms with E-state index in [9.17, 15) is 19.2 Å². The molecule has 1 saturated carbocycles. The van der Waals surface area contributed by atoms with E-state index in [0.717, 1.165) is 25.7 Å². The predicted octanol–water partition coefficient (Wildman–Crippen LogP) is 1.74. The van der Waals surface area contributed by atoms with Crippen molar-refractivity contribution in [3.05, 3.63) is 0 Å². The first kappa shape index (κ1) is 23.3. The molecule has 9 nitrogen and oxygen atoms in total. The molecule has 174 valence electrons. The van der Waals surface area contributed by atoms with Crippen molar-refractivity contribution in [3.63, 3.8) is 0 Å². The molecule has 0 aromatic heterocycles. The number of likely N-dealkylation sites (tertiary alicyclic amines) is 1. The molecule has 9 heteroatoms. The van der Waals surface area contributed by atoms with E-state index in [4.69, 9.17) is 9.47 Å². The van der Waals surface area contributed by atoms with Gasteiger partial charge in [-0.1, -0.05) is 6.42 Å². The molecule has 2 saturated heterocycles. The van der Waals surface area contributed by atoms with Crippen molar-refractivity contribution in [2.75, 3.05) is 20.2 Å². The molecule has 3 aliphatic rings. The van der Waals surface area contributed by atoms with Crippen molar-refractivity contribution in [2.24, 2.45) is 11.3 Å². The predicted molar refractivity (Wildman–Crippen MR) is 112 cm³/mol. The fraction of sp³-hybridized carbons (Fsp3) is 0.818. The van der Waals surface area contributed by atoms with E-state index in [0.29, 0.717) is 25.9 Å². The number of esters is 1. The monoisotopic (exact) mass is 437 g/mol. The second-order valence-electron chi connectivity index (χ2n) is 10.1. The molecule has 3 atom stereocenters. The number of nitrogens with one attached hydrogen (secondary N) is 2. The Labute approximate surface area is 183 Å². The smallest absolute Gasteiger partial charge is 0.410 e. The molecule has 3 rings (SSSR count). The highest BCUT2D eigenvalue weighted by atomic mass is 16.6. The Hall–Kier alpha value is -2.32. The zero-order chi connectivity index (χ0) is 22.8. The van der Waals surface area contributed by atoms with E-state index >= 15 is 0 Å². The Bertz CT molecular complexity index is 727. The number of amides is 3. The van der Waals surface area contributed by atoms with Crippen LogP contribution in [0.3, 0.4) is 0 Å². The van der Waals surface area contributed by atoms with Gasteiger partial charge < -0.3 is 20.1 Å². The van der Waals surface area contributed by atoms with Gasteiger partial charge in [0, 0.05) is 19.0 Å². The largest absolute Gasteiger partial charge is 0.467 e. The van der Waals surface area contributed by atoms with Crippen LogP contribution in [0.2, 0.25) is 0 Å². The fourth-order valence-electron chi connectivity index (χ4n) is 4.81. The number of methoxy groups -OCH3 is 1. The summed E-state index contributed by atoms with van der Waals surface area (Å²) in [6, 6.07) is -1.65. The SMILES string of the molecule is COC(=O)[C@H](C[C@@H]1CCCNC1=O)NC(=O)C1CC2(CCC2)CN1C(=O)OC(C)(C)C. The normalized spacial score (nSPS) is 25.9. The molecule has 2 aliphatic heterocycles. The van der Waals surface area contributed by atoms with E-state index in [1.807, 2.05) is 0 Å². The summed E-state index contributed by atoms with van der Waals surface area (Å²) < 4.78 is 10.4. The lowest BCUT2D eigenvalue weighted by molar-refractivity contribution is -0.146. The number of piperidine rings is 1. The fourth-order valence-corrected chi connectivity index (χ4v) is 4.81. The minimum atomic E-state index is -0.940. The highest BCUT2D eigenvalue weighted by Gasteiger charge is 2.52. The molecular formula is C22H35N3O6. The maximum absolute atomic E-state index is 13.2. The van der Waals surface area contributed by atoms with Crippen LogP contribution in [0.15, 0.2) is 0 Å². The summed E-state index contributed by atoms with van der Waals surface area (Å²) in [5, 5.41) is 5.57.